The first-order valence-corrected chi connectivity index (χ1v) is 5.11. The molecule has 0 aromatic heterocycles. The summed E-state index contributed by atoms with van der Waals surface area (Å²) in [5.74, 6) is -2.65. The monoisotopic (exact) mass is 267 g/mol. The van der Waals surface area contributed by atoms with E-state index in [2.05, 4.69) is 4.74 Å². The number of rotatable bonds is 3. The van der Waals surface area contributed by atoms with Crippen molar-refractivity contribution < 1.29 is 27.4 Å². The maximum atomic E-state index is 13.4. The first-order chi connectivity index (χ1) is 8.04. The van der Waals surface area contributed by atoms with Gasteiger partial charge in [0, 0.05) is 5.56 Å². The van der Waals surface area contributed by atoms with Crippen LogP contribution in [0.15, 0.2) is 18.2 Å². The van der Waals surface area contributed by atoms with Crippen LogP contribution >= 0.6 is 0 Å². The molecule has 0 aliphatic carbocycles. The molecule has 0 aliphatic rings. The van der Waals surface area contributed by atoms with Gasteiger partial charge in [-0.05, 0) is 18.1 Å². The van der Waals surface area contributed by atoms with Crippen molar-refractivity contribution >= 4 is 0 Å². The van der Waals surface area contributed by atoms with Gasteiger partial charge in [-0.1, -0.05) is 19.9 Å². The Bertz CT molecular complexity index is 430. The molecule has 102 valence electrons. The van der Waals surface area contributed by atoms with E-state index in [1.165, 1.54) is 0 Å². The minimum Gasteiger partial charge on any atom is -0.403 e. The highest BCUT2D eigenvalue weighted by Crippen LogP contribution is 2.30. The number of halogens is 4. The average molecular weight is 267 g/mol. The van der Waals surface area contributed by atoms with E-state index in [0.29, 0.717) is 0 Å². The molecular weight excluding hydrogens is 254 g/mol. The van der Waals surface area contributed by atoms with Gasteiger partial charge in [-0.2, -0.15) is 0 Å². The minimum atomic E-state index is -4.97. The summed E-state index contributed by atoms with van der Waals surface area (Å²) in [5.41, 5.74) is 3.71. The normalized spacial score (nSPS) is 15.6. The Hall–Kier alpha value is -1.34. The van der Waals surface area contributed by atoms with Crippen molar-refractivity contribution in [3.8, 4) is 5.75 Å². The topological polar surface area (TPSA) is 55.5 Å². The molecule has 0 aliphatic heterocycles. The molecule has 0 amide bonds. The molecule has 0 heterocycles. The van der Waals surface area contributed by atoms with E-state index in [1.54, 1.807) is 13.8 Å². The lowest BCUT2D eigenvalue weighted by molar-refractivity contribution is -0.275. The summed E-state index contributed by atoms with van der Waals surface area (Å²) in [6, 6.07) is 2.59. The van der Waals surface area contributed by atoms with Crippen LogP contribution in [0.2, 0.25) is 0 Å². The van der Waals surface area contributed by atoms with Crippen molar-refractivity contribution in [1.82, 2.24) is 0 Å². The number of ether oxygens (including phenoxy) is 1. The van der Waals surface area contributed by atoms with Gasteiger partial charge in [0.1, 0.15) is 5.72 Å². The summed E-state index contributed by atoms with van der Waals surface area (Å²) in [6.07, 6.45) is -4.97. The zero-order valence-corrected chi connectivity index (χ0v) is 9.75. The van der Waals surface area contributed by atoms with Gasteiger partial charge in [-0.3, -0.25) is 5.73 Å². The average Bonchev–Trinajstić information content (AvgIpc) is 2.18. The molecule has 18 heavy (non-hydrogen) atoms. The Morgan fingerprint density at radius 2 is 1.83 bits per heavy atom. The molecule has 0 unspecified atom stereocenters. The molecule has 0 radical (unpaired) electrons. The molecule has 1 rings (SSSR count). The fraction of sp³-hybridized carbons (Fsp3) is 0.455. The first kappa shape index (κ1) is 14.7. The van der Waals surface area contributed by atoms with Crippen molar-refractivity contribution in [3.63, 3.8) is 0 Å². The molecule has 0 fully saturated rings. The highest BCUT2D eigenvalue weighted by atomic mass is 19.4. The van der Waals surface area contributed by atoms with Crippen LogP contribution in [0.25, 0.3) is 0 Å². The number of nitrogens with two attached hydrogens (primary N) is 1. The van der Waals surface area contributed by atoms with Gasteiger partial charge in [0.25, 0.3) is 0 Å². The third-order valence-corrected chi connectivity index (χ3v) is 2.50. The molecule has 3 N–H and O–H groups in total. The number of alkyl halides is 3. The SMILES string of the molecule is CC(C)[C@](N)(O)c1ccc(OC(F)(F)F)c(F)c1. The number of hydrogen-bond donors (Lipinski definition) is 2. The van der Waals surface area contributed by atoms with Gasteiger partial charge in [0.2, 0.25) is 0 Å². The first-order valence-electron chi connectivity index (χ1n) is 5.11. The van der Waals surface area contributed by atoms with Crippen LogP contribution in [0.4, 0.5) is 17.6 Å². The van der Waals surface area contributed by atoms with Crippen LogP contribution < -0.4 is 10.5 Å². The van der Waals surface area contributed by atoms with Crippen molar-refractivity contribution in [1.29, 1.82) is 0 Å². The molecule has 0 saturated heterocycles. The Labute approximate surface area is 101 Å². The molecule has 0 spiro atoms. The van der Waals surface area contributed by atoms with Crippen LogP contribution in [0.5, 0.6) is 5.75 Å². The summed E-state index contributed by atoms with van der Waals surface area (Å²) in [7, 11) is 0. The molecule has 0 saturated carbocycles. The molecule has 1 aromatic carbocycles. The minimum absolute atomic E-state index is 0.0236. The molecule has 3 nitrogen and oxygen atoms in total. The fourth-order valence-electron chi connectivity index (χ4n) is 1.29. The third kappa shape index (κ3) is 3.33. The standard InChI is InChI=1S/C11H13F4NO2/c1-6(2)10(16,17)7-3-4-9(8(12)5-7)18-11(13,14)15/h3-6,17H,16H2,1-2H3/t10-/m0/s1. The zero-order valence-electron chi connectivity index (χ0n) is 9.75. The summed E-state index contributed by atoms with van der Waals surface area (Å²) < 4.78 is 52.6. The number of aliphatic hydroxyl groups is 1. The van der Waals surface area contributed by atoms with Crippen molar-refractivity contribution in [2.45, 2.75) is 25.9 Å². The quantitative estimate of drug-likeness (QED) is 0.653. The van der Waals surface area contributed by atoms with Crippen LogP contribution in [-0.4, -0.2) is 11.5 Å². The lowest BCUT2D eigenvalue weighted by Gasteiger charge is -2.28. The smallest absolute Gasteiger partial charge is 0.403 e. The Morgan fingerprint density at radius 1 is 1.28 bits per heavy atom. The van der Waals surface area contributed by atoms with Gasteiger partial charge in [0.05, 0.1) is 0 Å². The maximum absolute atomic E-state index is 13.4. The van der Waals surface area contributed by atoms with E-state index in [9.17, 15) is 22.7 Å². The number of benzene rings is 1. The Morgan fingerprint density at radius 3 is 2.22 bits per heavy atom. The second-order valence-corrected chi connectivity index (χ2v) is 4.17. The lowest BCUT2D eigenvalue weighted by atomic mass is 9.92. The highest BCUT2D eigenvalue weighted by molar-refractivity contribution is 5.32. The van der Waals surface area contributed by atoms with Crippen LogP contribution in [0.1, 0.15) is 19.4 Å². The second kappa shape index (κ2) is 4.74. The van der Waals surface area contributed by atoms with Gasteiger partial charge >= 0.3 is 6.36 Å². The zero-order chi connectivity index (χ0) is 14.1. The van der Waals surface area contributed by atoms with E-state index >= 15 is 0 Å². The molecule has 1 atom stereocenters. The van der Waals surface area contributed by atoms with E-state index in [0.717, 1.165) is 18.2 Å². The second-order valence-electron chi connectivity index (χ2n) is 4.17. The van der Waals surface area contributed by atoms with E-state index < -0.39 is 29.6 Å². The van der Waals surface area contributed by atoms with Gasteiger partial charge in [0.15, 0.2) is 11.6 Å². The molecule has 0 bridgehead atoms. The van der Waals surface area contributed by atoms with E-state index in [-0.39, 0.29) is 5.56 Å². The van der Waals surface area contributed by atoms with Gasteiger partial charge < -0.3 is 9.84 Å². The highest BCUT2D eigenvalue weighted by Gasteiger charge is 2.34. The van der Waals surface area contributed by atoms with Gasteiger partial charge in [-0.15, -0.1) is 13.2 Å². The van der Waals surface area contributed by atoms with E-state index in [4.69, 9.17) is 5.73 Å². The summed E-state index contributed by atoms with van der Waals surface area (Å²) in [6.45, 7) is 3.19. The van der Waals surface area contributed by atoms with Crippen molar-refractivity contribution in [2.24, 2.45) is 11.7 Å². The predicted octanol–water partition coefficient (Wildman–Crippen LogP) is 2.48. The Balaban J connectivity index is 3.07. The molecular formula is C11H13F4NO2. The fourth-order valence-corrected chi connectivity index (χ4v) is 1.29. The van der Waals surface area contributed by atoms with Gasteiger partial charge in [-0.25, -0.2) is 4.39 Å². The van der Waals surface area contributed by atoms with E-state index in [1.807, 2.05) is 0 Å². The molecule has 1 aromatic rings. The van der Waals surface area contributed by atoms with Crippen LogP contribution in [-0.2, 0) is 5.72 Å². The third-order valence-electron chi connectivity index (χ3n) is 2.50. The predicted molar refractivity (Wildman–Crippen MR) is 56.0 cm³/mol. The maximum Gasteiger partial charge on any atom is 0.573 e. The van der Waals surface area contributed by atoms with Crippen molar-refractivity contribution in [2.75, 3.05) is 0 Å². The van der Waals surface area contributed by atoms with Crippen LogP contribution in [0, 0.1) is 11.7 Å². The molecule has 7 heteroatoms. The summed E-state index contributed by atoms with van der Waals surface area (Å²) >= 11 is 0. The largest absolute Gasteiger partial charge is 0.573 e. The lowest BCUT2D eigenvalue weighted by Crippen LogP contribution is -2.41. The van der Waals surface area contributed by atoms with Crippen LogP contribution in [0.3, 0.4) is 0 Å². The summed E-state index contributed by atoms with van der Waals surface area (Å²) in [5, 5.41) is 9.86. The van der Waals surface area contributed by atoms with Crippen molar-refractivity contribution in [3.05, 3.63) is 29.6 Å². The Kier molecular flexibility index (Phi) is 3.87. The number of hydrogen-bond acceptors (Lipinski definition) is 3. The summed E-state index contributed by atoms with van der Waals surface area (Å²) in [4.78, 5) is 0.